The lowest BCUT2D eigenvalue weighted by Gasteiger charge is -2.07. The first kappa shape index (κ1) is 18.5. The Morgan fingerprint density at radius 2 is 1.79 bits per heavy atom. The Bertz CT molecular complexity index is 699. The molecular weight excluding hydrogens is 326 g/mol. The smallest absolute Gasteiger partial charge is 0.305 e. The fourth-order valence-electron chi connectivity index (χ4n) is 2.32. The summed E-state index contributed by atoms with van der Waals surface area (Å²) in [5, 5.41) is 0. The summed E-state index contributed by atoms with van der Waals surface area (Å²) in [7, 11) is -3.49. The topological polar surface area (TPSA) is 72.5 Å². The molecule has 0 aliphatic carbocycles. The Balaban J connectivity index is 2.03. The van der Waals surface area contributed by atoms with Gasteiger partial charge in [0.1, 0.15) is 0 Å². The molecule has 1 aromatic rings. The van der Waals surface area contributed by atoms with Crippen LogP contribution in [0.15, 0.2) is 29.2 Å². The van der Waals surface area contributed by atoms with Crippen molar-refractivity contribution in [2.75, 3.05) is 13.2 Å². The number of esters is 1. The highest BCUT2D eigenvalue weighted by molar-refractivity contribution is 7.89. The summed E-state index contributed by atoms with van der Waals surface area (Å²) >= 11 is 0. The van der Waals surface area contributed by atoms with Gasteiger partial charge >= 0.3 is 5.97 Å². The van der Waals surface area contributed by atoms with E-state index >= 15 is 0 Å². The van der Waals surface area contributed by atoms with Gasteiger partial charge in [-0.3, -0.25) is 4.79 Å². The third-order valence-corrected chi connectivity index (χ3v) is 5.18. The van der Waals surface area contributed by atoms with Crippen molar-refractivity contribution >= 4 is 16.0 Å². The standard InChI is InChI=1S/C18H23NO4S/c20-18-9-5-3-6-14-19-24(21,22)17-12-10-16(11-13-17)8-4-1-2-7-15-23-18/h10-13,19H,1-3,5-7,9,14-15H2. The van der Waals surface area contributed by atoms with Crippen LogP contribution in [0.4, 0.5) is 0 Å². The van der Waals surface area contributed by atoms with Gasteiger partial charge in [0.15, 0.2) is 0 Å². The van der Waals surface area contributed by atoms with Crippen molar-refractivity contribution in [3.05, 3.63) is 29.8 Å². The van der Waals surface area contributed by atoms with E-state index in [1.807, 2.05) is 0 Å². The van der Waals surface area contributed by atoms with E-state index in [2.05, 4.69) is 16.6 Å². The summed E-state index contributed by atoms with van der Waals surface area (Å²) in [6.45, 7) is 0.800. The average molecular weight is 349 g/mol. The molecule has 5 nitrogen and oxygen atoms in total. The number of carbonyl (C=O) groups is 1. The van der Waals surface area contributed by atoms with Crippen LogP contribution in [0.2, 0.25) is 0 Å². The van der Waals surface area contributed by atoms with Crippen molar-refractivity contribution in [2.45, 2.75) is 49.8 Å². The molecule has 0 saturated carbocycles. The lowest BCUT2D eigenvalue weighted by Crippen LogP contribution is -2.24. The van der Waals surface area contributed by atoms with Crippen LogP contribution in [-0.2, 0) is 19.6 Å². The summed E-state index contributed by atoms with van der Waals surface area (Å²) in [6.07, 6.45) is 4.96. The zero-order valence-corrected chi connectivity index (χ0v) is 14.5. The van der Waals surface area contributed by atoms with Crippen LogP contribution in [0.1, 0.15) is 50.5 Å². The van der Waals surface area contributed by atoms with Gasteiger partial charge in [-0.1, -0.05) is 18.3 Å². The van der Waals surface area contributed by atoms with Crippen molar-refractivity contribution in [1.29, 1.82) is 0 Å². The highest BCUT2D eigenvalue weighted by atomic mass is 32.2. The Morgan fingerprint density at radius 3 is 2.58 bits per heavy atom. The van der Waals surface area contributed by atoms with E-state index in [0.29, 0.717) is 32.4 Å². The highest BCUT2D eigenvalue weighted by Gasteiger charge is 2.12. The van der Waals surface area contributed by atoms with Gasteiger partial charge in [0.25, 0.3) is 0 Å². The van der Waals surface area contributed by atoms with Crippen LogP contribution >= 0.6 is 0 Å². The monoisotopic (exact) mass is 349 g/mol. The van der Waals surface area contributed by atoms with E-state index in [1.165, 1.54) is 0 Å². The normalized spacial score (nSPS) is 19.9. The van der Waals surface area contributed by atoms with E-state index < -0.39 is 10.0 Å². The quantitative estimate of drug-likeness (QED) is 0.577. The second-order valence-electron chi connectivity index (χ2n) is 5.71. The fourth-order valence-corrected chi connectivity index (χ4v) is 3.39. The maximum absolute atomic E-state index is 12.2. The van der Waals surface area contributed by atoms with Gasteiger partial charge in [0, 0.05) is 24.9 Å². The van der Waals surface area contributed by atoms with Crippen molar-refractivity contribution in [1.82, 2.24) is 4.72 Å². The van der Waals surface area contributed by atoms with Crippen molar-refractivity contribution in [3.63, 3.8) is 0 Å². The summed E-state index contributed by atoms with van der Waals surface area (Å²) in [4.78, 5) is 11.8. The maximum atomic E-state index is 12.2. The average Bonchev–Trinajstić information content (AvgIpc) is 2.57. The Labute approximate surface area is 143 Å². The van der Waals surface area contributed by atoms with Crippen molar-refractivity contribution < 1.29 is 17.9 Å². The van der Waals surface area contributed by atoms with E-state index in [4.69, 9.17) is 4.74 Å². The third-order valence-electron chi connectivity index (χ3n) is 3.71. The van der Waals surface area contributed by atoms with Gasteiger partial charge in [0.2, 0.25) is 10.0 Å². The Hall–Kier alpha value is -1.84. The summed E-state index contributed by atoms with van der Waals surface area (Å²) < 4.78 is 32.1. The van der Waals surface area contributed by atoms with Crippen LogP contribution in [0.25, 0.3) is 0 Å². The highest BCUT2D eigenvalue weighted by Crippen LogP contribution is 2.11. The molecule has 1 aromatic carbocycles. The molecule has 130 valence electrons. The van der Waals surface area contributed by atoms with Gasteiger partial charge in [-0.25, -0.2) is 13.1 Å². The number of hydrogen-bond donors (Lipinski definition) is 1. The predicted molar refractivity (Wildman–Crippen MR) is 91.8 cm³/mol. The maximum Gasteiger partial charge on any atom is 0.305 e. The number of hydrogen-bond acceptors (Lipinski definition) is 4. The number of sulfonamides is 1. The molecule has 0 radical (unpaired) electrons. The van der Waals surface area contributed by atoms with Crippen LogP contribution < -0.4 is 4.72 Å². The lowest BCUT2D eigenvalue weighted by molar-refractivity contribution is -0.143. The van der Waals surface area contributed by atoms with E-state index in [0.717, 1.165) is 31.2 Å². The predicted octanol–water partition coefficient (Wildman–Crippen LogP) is 2.60. The van der Waals surface area contributed by atoms with Crippen LogP contribution in [-0.4, -0.2) is 27.5 Å². The van der Waals surface area contributed by atoms with Crippen LogP contribution in [0.5, 0.6) is 0 Å². The van der Waals surface area contributed by atoms with Gasteiger partial charge < -0.3 is 4.74 Å². The molecule has 0 atom stereocenters. The second-order valence-corrected chi connectivity index (χ2v) is 7.48. The van der Waals surface area contributed by atoms with Gasteiger partial charge in [-0.05, 0) is 49.9 Å². The van der Waals surface area contributed by atoms with Crippen molar-refractivity contribution in [3.8, 4) is 11.8 Å². The zero-order valence-electron chi connectivity index (χ0n) is 13.7. The number of fused-ring (bicyclic) bond motifs is 15. The van der Waals surface area contributed by atoms with Crippen LogP contribution in [0.3, 0.4) is 0 Å². The first-order valence-electron chi connectivity index (χ1n) is 8.32. The van der Waals surface area contributed by atoms with Crippen molar-refractivity contribution in [2.24, 2.45) is 0 Å². The molecule has 0 aromatic heterocycles. The van der Waals surface area contributed by atoms with Gasteiger partial charge in [-0.15, -0.1) is 0 Å². The molecular formula is C18H23NO4S. The minimum atomic E-state index is -3.49. The van der Waals surface area contributed by atoms with Gasteiger partial charge in [-0.2, -0.15) is 0 Å². The number of ether oxygens (including phenoxy) is 1. The minimum Gasteiger partial charge on any atom is -0.466 e. The number of benzene rings is 1. The summed E-state index contributed by atoms with van der Waals surface area (Å²) in [5.41, 5.74) is 0.790. The second kappa shape index (κ2) is 9.45. The fraction of sp³-hybridized carbons (Fsp3) is 0.500. The first-order valence-corrected chi connectivity index (χ1v) is 9.80. The Kier molecular flexibility index (Phi) is 7.29. The first-order chi connectivity index (χ1) is 11.6. The third kappa shape index (κ3) is 6.34. The van der Waals surface area contributed by atoms with E-state index in [1.54, 1.807) is 24.3 Å². The molecule has 24 heavy (non-hydrogen) atoms. The molecule has 1 N–H and O–H groups in total. The molecule has 2 aliphatic rings. The molecule has 0 amide bonds. The number of carbonyl (C=O) groups excluding carboxylic acids is 1. The summed E-state index contributed by atoms with van der Waals surface area (Å²) in [5.74, 6) is 5.88. The van der Waals surface area contributed by atoms with E-state index in [9.17, 15) is 13.2 Å². The SMILES string of the molecule is O=C1CCCCCNS(=O)(=O)c2ccc(cc2)C#CCCCCO1. The van der Waals surface area contributed by atoms with Crippen LogP contribution in [0, 0.1) is 11.8 Å². The van der Waals surface area contributed by atoms with E-state index in [-0.39, 0.29) is 10.9 Å². The molecule has 0 unspecified atom stereocenters. The Morgan fingerprint density at radius 1 is 1.00 bits per heavy atom. The molecule has 2 aliphatic heterocycles. The molecule has 2 bridgehead atoms. The van der Waals surface area contributed by atoms with Gasteiger partial charge in [0.05, 0.1) is 11.5 Å². The molecule has 2 heterocycles. The largest absolute Gasteiger partial charge is 0.466 e. The molecule has 0 saturated heterocycles. The molecule has 6 heteroatoms. The molecule has 3 rings (SSSR count). The molecule has 0 fully saturated rings. The molecule has 0 spiro atoms. The summed E-state index contributed by atoms with van der Waals surface area (Å²) in [6, 6.07) is 6.59. The minimum absolute atomic E-state index is 0.183. The zero-order chi connectivity index (χ0) is 17.3. The number of rotatable bonds is 0. The lowest BCUT2D eigenvalue weighted by atomic mass is 10.2. The number of nitrogens with one attached hydrogen (secondary N) is 1.